The fraction of sp³-hybridized carbons (Fsp3) is 0.267. The van der Waals surface area contributed by atoms with E-state index in [9.17, 15) is 4.79 Å². The summed E-state index contributed by atoms with van der Waals surface area (Å²) in [5.41, 5.74) is 1.58. The first-order valence-corrected chi connectivity index (χ1v) is 6.02. The molecular weight excluding hydrogens is 228 g/mol. The summed E-state index contributed by atoms with van der Waals surface area (Å²) in [6.45, 7) is 6.69. The molecule has 0 saturated carbocycles. The van der Waals surface area contributed by atoms with Crippen molar-refractivity contribution in [2.75, 3.05) is 6.61 Å². The Balaban J connectivity index is 2.54. The lowest BCUT2D eigenvalue weighted by atomic mass is 10.1. The maximum Gasteiger partial charge on any atom is 0.342 e. The number of hydrogen-bond donors (Lipinski definition) is 0. The third-order valence-electron chi connectivity index (χ3n) is 2.75. The van der Waals surface area contributed by atoms with Gasteiger partial charge in [-0.1, -0.05) is 37.8 Å². The van der Waals surface area contributed by atoms with Crippen LogP contribution in [-0.4, -0.2) is 6.61 Å². The molecule has 1 aromatic heterocycles. The molecule has 0 atom stereocenters. The molecule has 3 nitrogen and oxygen atoms in total. The van der Waals surface area contributed by atoms with Crippen LogP contribution >= 0.6 is 0 Å². The highest BCUT2D eigenvalue weighted by atomic mass is 16.5. The van der Waals surface area contributed by atoms with Crippen molar-refractivity contribution in [2.45, 2.75) is 20.0 Å². The van der Waals surface area contributed by atoms with Gasteiger partial charge in [0.05, 0.1) is 12.2 Å². The third-order valence-corrected chi connectivity index (χ3v) is 2.75. The van der Waals surface area contributed by atoms with Crippen molar-refractivity contribution in [3.05, 3.63) is 52.4 Å². The number of hydrogen-bond acceptors (Lipinski definition) is 3. The average Bonchev–Trinajstić information content (AvgIpc) is 2.39. The van der Waals surface area contributed by atoms with Crippen LogP contribution in [0.3, 0.4) is 0 Å². The Morgan fingerprint density at radius 1 is 1.39 bits per heavy atom. The monoisotopic (exact) mass is 244 g/mol. The molecule has 2 rings (SSSR count). The fourth-order valence-electron chi connectivity index (χ4n) is 1.90. The minimum atomic E-state index is -0.347. The summed E-state index contributed by atoms with van der Waals surface area (Å²) in [7, 11) is 0. The van der Waals surface area contributed by atoms with Crippen LogP contribution in [-0.2, 0) is 11.3 Å². The van der Waals surface area contributed by atoms with Crippen LogP contribution in [0.4, 0.5) is 0 Å². The number of fused-ring (bicyclic) bond motifs is 1. The molecule has 0 aliphatic carbocycles. The van der Waals surface area contributed by atoms with E-state index in [4.69, 9.17) is 9.15 Å². The Labute approximate surface area is 106 Å². The predicted molar refractivity (Wildman–Crippen MR) is 72.5 cm³/mol. The summed E-state index contributed by atoms with van der Waals surface area (Å²) >= 11 is 0. The second-order valence-electron chi connectivity index (χ2n) is 4.03. The van der Waals surface area contributed by atoms with Gasteiger partial charge in [-0.15, -0.1) is 0 Å². The molecule has 0 N–H and O–H groups in total. The molecule has 0 fully saturated rings. The first kappa shape index (κ1) is 12.6. The molecule has 1 aromatic carbocycles. The van der Waals surface area contributed by atoms with E-state index in [1.165, 1.54) is 0 Å². The van der Waals surface area contributed by atoms with Crippen molar-refractivity contribution in [3.8, 4) is 0 Å². The van der Waals surface area contributed by atoms with E-state index in [2.05, 4.69) is 6.58 Å². The van der Waals surface area contributed by atoms with Crippen LogP contribution in [0.2, 0.25) is 0 Å². The third kappa shape index (κ3) is 2.36. The molecule has 0 aliphatic rings. The number of rotatable bonds is 5. The Bertz CT molecular complexity index is 611. The van der Waals surface area contributed by atoms with E-state index in [0.717, 1.165) is 17.4 Å². The summed E-state index contributed by atoms with van der Waals surface area (Å²) in [5, 5.41) is 0.891. The lowest BCUT2D eigenvalue weighted by Gasteiger charge is -2.08. The molecular formula is C15H16O3. The number of para-hydroxylation sites is 1. The number of benzene rings is 1. The zero-order chi connectivity index (χ0) is 13.0. The zero-order valence-corrected chi connectivity index (χ0v) is 10.4. The van der Waals surface area contributed by atoms with Crippen LogP contribution in [0.5, 0.6) is 0 Å². The maximum absolute atomic E-state index is 11.9. The minimum Gasteiger partial charge on any atom is -0.422 e. The highest BCUT2D eigenvalue weighted by molar-refractivity contribution is 5.87. The van der Waals surface area contributed by atoms with Gasteiger partial charge >= 0.3 is 5.63 Å². The fourth-order valence-corrected chi connectivity index (χ4v) is 1.90. The maximum atomic E-state index is 11.9. The molecule has 94 valence electrons. The van der Waals surface area contributed by atoms with Crippen molar-refractivity contribution in [2.24, 2.45) is 0 Å². The summed E-state index contributed by atoms with van der Waals surface area (Å²) in [6, 6.07) is 7.44. The highest BCUT2D eigenvalue weighted by Crippen LogP contribution is 2.21. The minimum absolute atomic E-state index is 0.266. The Kier molecular flexibility index (Phi) is 3.95. The van der Waals surface area contributed by atoms with Gasteiger partial charge in [-0.2, -0.15) is 0 Å². The van der Waals surface area contributed by atoms with Crippen LogP contribution in [0.25, 0.3) is 17.0 Å². The molecule has 0 saturated heterocycles. The first-order chi connectivity index (χ1) is 8.77. The van der Waals surface area contributed by atoms with E-state index in [-0.39, 0.29) is 12.2 Å². The molecule has 0 aliphatic heterocycles. The van der Waals surface area contributed by atoms with Crippen molar-refractivity contribution in [1.29, 1.82) is 0 Å². The van der Waals surface area contributed by atoms with Gasteiger partial charge in [-0.05, 0) is 18.1 Å². The van der Waals surface area contributed by atoms with Crippen LogP contribution in [0, 0.1) is 0 Å². The van der Waals surface area contributed by atoms with Gasteiger partial charge in [0.2, 0.25) is 0 Å². The van der Waals surface area contributed by atoms with Crippen LogP contribution in [0.1, 0.15) is 24.5 Å². The normalized spacial score (nSPS) is 10.7. The first-order valence-electron chi connectivity index (χ1n) is 6.02. The largest absolute Gasteiger partial charge is 0.422 e. The molecule has 1 heterocycles. The quantitative estimate of drug-likeness (QED) is 0.598. The van der Waals surface area contributed by atoms with Gasteiger partial charge in [-0.25, -0.2) is 4.79 Å². The van der Waals surface area contributed by atoms with Crippen molar-refractivity contribution in [3.63, 3.8) is 0 Å². The molecule has 18 heavy (non-hydrogen) atoms. The molecule has 0 spiro atoms. The van der Waals surface area contributed by atoms with Gasteiger partial charge < -0.3 is 9.15 Å². The second kappa shape index (κ2) is 5.65. The Morgan fingerprint density at radius 3 is 2.89 bits per heavy atom. The smallest absolute Gasteiger partial charge is 0.342 e. The van der Waals surface area contributed by atoms with E-state index >= 15 is 0 Å². The van der Waals surface area contributed by atoms with E-state index in [1.54, 1.807) is 12.1 Å². The van der Waals surface area contributed by atoms with Crippen LogP contribution in [0.15, 0.2) is 40.1 Å². The van der Waals surface area contributed by atoms with Gasteiger partial charge in [-0.3, -0.25) is 0 Å². The topological polar surface area (TPSA) is 39.4 Å². The SMILES string of the molecule is C=Cc1c(COCCC)c(=O)oc2ccccc12. The summed E-state index contributed by atoms with van der Waals surface area (Å²) in [5.74, 6) is 0. The van der Waals surface area contributed by atoms with E-state index < -0.39 is 0 Å². The van der Waals surface area contributed by atoms with Crippen molar-refractivity contribution < 1.29 is 9.15 Å². The molecule has 0 bridgehead atoms. The van der Waals surface area contributed by atoms with Crippen LogP contribution < -0.4 is 5.63 Å². The predicted octanol–water partition coefficient (Wildman–Crippen LogP) is 3.36. The summed E-state index contributed by atoms with van der Waals surface area (Å²) < 4.78 is 10.7. The zero-order valence-electron chi connectivity index (χ0n) is 10.4. The Morgan fingerprint density at radius 2 is 2.17 bits per heavy atom. The molecule has 3 heteroatoms. The lowest BCUT2D eigenvalue weighted by molar-refractivity contribution is 0.119. The lowest BCUT2D eigenvalue weighted by Crippen LogP contribution is -2.12. The van der Waals surface area contributed by atoms with Gasteiger partial charge in [0.15, 0.2) is 0 Å². The average molecular weight is 244 g/mol. The highest BCUT2D eigenvalue weighted by Gasteiger charge is 2.11. The van der Waals surface area contributed by atoms with Crippen molar-refractivity contribution >= 4 is 17.0 Å². The van der Waals surface area contributed by atoms with E-state index in [1.807, 2.05) is 25.1 Å². The summed E-state index contributed by atoms with van der Waals surface area (Å²) in [6.07, 6.45) is 2.60. The molecule has 2 aromatic rings. The molecule has 0 radical (unpaired) electrons. The molecule has 0 amide bonds. The van der Waals surface area contributed by atoms with Gasteiger partial charge in [0, 0.05) is 12.0 Å². The standard InChI is InChI=1S/C15H16O3/c1-3-9-17-10-13-11(4-2)12-7-5-6-8-14(12)18-15(13)16/h4-8H,2-3,9-10H2,1H3. The second-order valence-corrected chi connectivity index (χ2v) is 4.03. The summed E-state index contributed by atoms with van der Waals surface area (Å²) in [4.78, 5) is 11.9. The van der Waals surface area contributed by atoms with Crippen molar-refractivity contribution in [1.82, 2.24) is 0 Å². The molecule has 0 unspecified atom stereocenters. The van der Waals surface area contributed by atoms with Gasteiger partial charge in [0.1, 0.15) is 5.58 Å². The van der Waals surface area contributed by atoms with E-state index in [0.29, 0.717) is 17.8 Å². The van der Waals surface area contributed by atoms with Gasteiger partial charge in [0.25, 0.3) is 0 Å². The number of ether oxygens (including phenoxy) is 1. The Hall–Kier alpha value is -1.87.